The number of halogens is 3. The molecule has 0 bridgehead atoms. The molecule has 46 heavy (non-hydrogen) atoms. The Labute approximate surface area is 261 Å². The number of hydrogen-bond donors (Lipinski definition) is 2. The van der Waals surface area contributed by atoms with Crippen molar-refractivity contribution in [2.45, 2.75) is 58.3 Å². The topological polar surface area (TPSA) is 159 Å². The second kappa shape index (κ2) is 11.1. The van der Waals surface area contributed by atoms with Crippen molar-refractivity contribution in [1.82, 2.24) is 40.2 Å². The summed E-state index contributed by atoms with van der Waals surface area (Å²) < 4.78 is 44.5. The Morgan fingerprint density at radius 1 is 1.09 bits per heavy atom. The average Bonchev–Trinajstić information content (AvgIpc) is 3.41. The van der Waals surface area contributed by atoms with Crippen molar-refractivity contribution < 1.29 is 13.2 Å². The highest BCUT2D eigenvalue weighted by Gasteiger charge is 2.66. The van der Waals surface area contributed by atoms with E-state index in [1.807, 2.05) is 19.1 Å². The molecule has 1 fully saturated rings. The molecule has 1 aliphatic carbocycles. The standard InChI is InChI=1S/C31H29F3N12/c1-18-21(6-5-7-25(18)45-17-39-42-44-45)28(24-15-46(43-41-24)30(8-9-30)31(32,33)34)40-23-11-19(12-35)10-22-26(38-16-29(2,3)4)20(13-36)14-37-27(22)23/h5-7,10-11,14-15,17,28,40H,8-9,16H2,1-4H3,(H,37,38)/t28-/m0/s1. The lowest BCUT2D eigenvalue weighted by molar-refractivity contribution is -0.182. The third-order valence-electron chi connectivity index (χ3n) is 8.07. The van der Waals surface area contributed by atoms with E-state index in [1.54, 1.807) is 18.2 Å². The molecule has 0 amide bonds. The molecule has 3 heterocycles. The number of aromatic nitrogens is 8. The van der Waals surface area contributed by atoms with Crippen LogP contribution in [0.3, 0.4) is 0 Å². The first kappa shape index (κ1) is 30.5. The van der Waals surface area contributed by atoms with Gasteiger partial charge in [-0.25, -0.2) is 9.36 Å². The van der Waals surface area contributed by atoms with Crippen molar-refractivity contribution in [2.75, 3.05) is 17.2 Å². The van der Waals surface area contributed by atoms with E-state index >= 15 is 0 Å². The molecule has 2 aromatic carbocycles. The number of alkyl halides is 3. The Bertz CT molecular complexity index is 2010. The summed E-state index contributed by atoms with van der Waals surface area (Å²) in [5, 5.41) is 46.8. The van der Waals surface area contributed by atoms with Crippen LogP contribution in [0.4, 0.5) is 24.5 Å². The van der Waals surface area contributed by atoms with Gasteiger partial charge in [0, 0.05) is 18.1 Å². The molecule has 0 radical (unpaired) electrons. The van der Waals surface area contributed by atoms with Crippen LogP contribution in [0.5, 0.6) is 0 Å². The Balaban J connectivity index is 1.52. The number of nitriles is 2. The largest absolute Gasteiger partial charge is 0.413 e. The maximum atomic E-state index is 14.0. The zero-order valence-corrected chi connectivity index (χ0v) is 25.4. The fourth-order valence-electron chi connectivity index (χ4n) is 5.43. The molecule has 0 unspecified atom stereocenters. The molecular formula is C31H29F3N12. The fourth-order valence-corrected chi connectivity index (χ4v) is 5.43. The van der Waals surface area contributed by atoms with Crippen LogP contribution >= 0.6 is 0 Å². The minimum absolute atomic E-state index is 0.0878. The van der Waals surface area contributed by atoms with Gasteiger partial charge in [0.1, 0.15) is 18.1 Å². The van der Waals surface area contributed by atoms with Gasteiger partial charge in [-0.05, 0) is 64.9 Å². The van der Waals surface area contributed by atoms with Crippen molar-refractivity contribution in [3.8, 4) is 17.8 Å². The van der Waals surface area contributed by atoms with Crippen molar-refractivity contribution in [3.05, 3.63) is 77.0 Å². The van der Waals surface area contributed by atoms with E-state index in [0.29, 0.717) is 51.2 Å². The zero-order chi connectivity index (χ0) is 32.9. The smallest absolute Gasteiger partial charge is 0.383 e. The highest BCUT2D eigenvalue weighted by atomic mass is 19.4. The summed E-state index contributed by atoms with van der Waals surface area (Å²) in [7, 11) is 0. The molecule has 1 atom stereocenters. The molecule has 2 N–H and O–H groups in total. The molecule has 234 valence electrons. The normalized spacial score (nSPS) is 14.8. The number of tetrazole rings is 1. The molecule has 15 heteroatoms. The molecule has 0 saturated heterocycles. The van der Waals surface area contributed by atoms with Gasteiger partial charge < -0.3 is 10.6 Å². The molecule has 0 spiro atoms. The summed E-state index contributed by atoms with van der Waals surface area (Å²) in [5.74, 6) is 0. The van der Waals surface area contributed by atoms with Gasteiger partial charge in [-0.3, -0.25) is 4.98 Å². The molecule has 1 saturated carbocycles. The number of benzene rings is 2. The highest BCUT2D eigenvalue weighted by Crippen LogP contribution is 2.55. The van der Waals surface area contributed by atoms with E-state index in [4.69, 9.17) is 0 Å². The Kier molecular flexibility index (Phi) is 7.35. The average molecular weight is 627 g/mol. The number of nitrogens with one attached hydrogen (secondary N) is 2. The summed E-state index contributed by atoms with van der Waals surface area (Å²) in [5.41, 5.74) is 2.05. The van der Waals surface area contributed by atoms with Crippen LogP contribution < -0.4 is 10.6 Å². The van der Waals surface area contributed by atoms with Crippen LogP contribution in [-0.4, -0.2) is 52.9 Å². The van der Waals surface area contributed by atoms with E-state index in [1.165, 1.54) is 23.4 Å². The third kappa shape index (κ3) is 5.45. The summed E-state index contributed by atoms with van der Waals surface area (Å²) >= 11 is 0. The van der Waals surface area contributed by atoms with Gasteiger partial charge in [-0.1, -0.05) is 38.1 Å². The number of anilines is 2. The predicted octanol–water partition coefficient (Wildman–Crippen LogP) is 5.56. The maximum Gasteiger partial charge on any atom is 0.413 e. The zero-order valence-electron chi connectivity index (χ0n) is 25.4. The first-order chi connectivity index (χ1) is 21.8. The van der Waals surface area contributed by atoms with Crippen LogP contribution in [0.1, 0.15) is 67.6 Å². The molecular weight excluding hydrogens is 597 g/mol. The maximum absolute atomic E-state index is 14.0. The van der Waals surface area contributed by atoms with Gasteiger partial charge in [-0.2, -0.15) is 23.7 Å². The number of rotatable bonds is 8. The van der Waals surface area contributed by atoms with Crippen LogP contribution in [0.15, 0.2) is 49.1 Å². The number of nitrogens with zero attached hydrogens (tertiary/aromatic N) is 10. The van der Waals surface area contributed by atoms with Crippen molar-refractivity contribution in [1.29, 1.82) is 10.5 Å². The summed E-state index contributed by atoms with van der Waals surface area (Å²) in [6.07, 6.45) is -0.454. The predicted molar refractivity (Wildman–Crippen MR) is 162 cm³/mol. The summed E-state index contributed by atoms with van der Waals surface area (Å²) in [6, 6.07) is 12.2. The van der Waals surface area contributed by atoms with Gasteiger partial charge >= 0.3 is 6.18 Å². The quantitative estimate of drug-likeness (QED) is 0.223. The second-order valence-electron chi connectivity index (χ2n) is 12.5. The van der Waals surface area contributed by atoms with Crippen molar-refractivity contribution in [2.24, 2.45) is 5.41 Å². The molecule has 5 aromatic rings. The summed E-state index contributed by atoms with van der Waals surface area (Å²) in [6.45, 7) is 8.54. The van der Waals surface area contributed by atoms with E-state index in [-0.39, 0.29) is 24.0 Å². The van der Waals surface area contributed by atoms with Gasteiger partial charge in [0.05, 0.1) is 52.0 Å². The molecule has 3 aromatic heterocycles. The van der Waals surface area contributed by atoms with E-state index in [9.17, 15) is 23.7 Å². The van der Waals surface area contributed by atoms with E-state index in [2.05, 4.69) is 74.4 Å². The van der Waals surface area contributed by atoms with Crippen LogP contribution in [0.25, 0.3) is 16.6 Å². The first-order valence-corrected chi connectivity index (χ1v) is 14.4. The third-order valence-corrected chi connectivity index (χ3v) is 8.07. The molecule has 1 aliphatic rings. The molecule has 0 aliphatic heterocycles. The lowest BCUT2D eigenvalue weighted by Crippen LogP contribution is -2.35. The van der Waals surface area contributed by atoms with E-state index in [0.717, 1.165) is 10.2 Å². The highest BCUT2D eigenvalue weighted by molar-refractivity contribution is 6.01. The first-order valence-electron chi connectivity index (χ1n) is 14.4. The monoisotopic (exact) mass is 626 g/mol. The lowest BCUT2D eigenvalue weighted by atomic mass is 9.95. The minimum Gasteiger partial charge on any atom is -0.383 e. The van der Waals surface area contributed by atoms with Crippen molar-refractivity contribution >= 4 is 22.3 Å². The van der Waals surface area contributed by atoms with Crippen LogP contribution in [0, 0.1) is 35.0 Å². The van der Waals surface area contributed by atoms with Gasteiger partial charge in [-0.15, -0.1) is 10.2 Å². The van der Waals surface area contributed by atoms with Crippen LogP contribution in [0.2, 0.25) is 0 Å². The van der Waals surface area contributed by atoms with Gasteiger partial charge in [0.2, 0.25) is 0 Å². The Morgan fingerprint density at radius 3 is 2.50 bits per heavy atom. The summed E-state index contributed by atoms with van der Waals surface area (Å²) in [4.78, 5) is 4.59. The minimum atomic E-state index is -4.49. The Hall–Kier alpha value is -5.57. The fraction of sp³-hybridized carbons (Fsp3) is 0.355. The van der Waals surface area contributed by atoms with Gasteiger partial charge in [0.25, 0.3) is 0 Å². The molecule has 6 rings (SSSR count). The van der Waals surface area contributed by atoms with Crippen LogP contribution in [-0.2, 0) is 5.54 Å². The SMILES string of the molecule is Cc1c([C@H](Nc2cc(C#N)cc3c(NCC(C)(C)C)c(C#N)cnc23)c2cn(C3(C(F)(F)F)CC3)nn2)cccc1-n1cnnn1. The number of fused-ring (bicyclic) bond motifs is 1. The number of pyridine rings is 1. The van der Waals surface area contributed by atoms with Gasteiger partial charge in [0.15, 0.2) is 5.54 Å². The van der Waals surface area contributed by atoms with Crippen molar-refractivity contribution in [3.63, 3.8) is 0 Å². The second-order valence-corrected chi connectivity index (χ2v) is 12.5. The van der Waals surface area contributed by atoms with E-state index < -0.39 is 17.8 Å². The number of hydrogen-bond acceptors (Lipinski definition) is 10. The lowest BCUT2D eigenvalue weighted by Gasteiger charge is -2.24. The Morgan fingerprint density at radius 2 is 1.87 bits per heavy atom. The molecule has 12 nitrogen and oxygen atoms in total.